The Balaban J connectivity index is 2.05. The van der Waals surface area contributed by atoms with Gasteiger partial charge in [-0.1, -0.05) is 17.7 Å². The van der Waals surface area contributed by atoms with Gasteiger partial charge >= 0.3 is 5.97 Å². The van der Waals surface area contributed by atoms with Crippen LogP contribution >= 0.6 is 11.6 Å². The summed E-state index contributed by atoms with van der Waals surface area (Å²) in [7, 11) is 0. The molecule has 122 valence electrons. The van der Waals surface area contributed by atoms with Crippen LogP contribution in [-0.2, 0) is 0 Å². The molecule has 0 saturated heterocycles. The predicted octanol–water partition coefficient (Wildman–Crippen LogP) is 4.23. The highest BCUT2D eigenvalue weighted by molar-refractivity contribution is 6.31. The summed E-state index contributed by atoms with van der Waals surface area (Å²) in [5, 5.41) is 11.2. The maximum absolute atomic E-state index is 13.1. The fraction of sp³-hybridized carbons (Fsp3) is 0. The van der Waals surface area contributed by atoms with Gasteiger partial charge in [-0.3, -0.25) is 14.3 Å². The van der Waals surface area contributed by atoms with Crippen molar-refractivity contribution in [1.29, 1.82) is 0 Å². The second-order valence-electron chi connectivity index (χ2n) is 5.58. The summed E-state index contributed by atoms with van der Waals surface area (Å²) in [6, 6.07) is 13.2. The lowest BCUT2D eigenvalue weighted by Crippen LogP contribution is -2.11. The fourth-order valence-electron chi connectivity index (χ4n) is 2.97. The van der Waals surface area contributed by atoms with Gasteiger partial charge in [-0.05, 0) is 42.5 Å². The molecule has 2 aromatic heterocycles. The van der Waals surface area contributed by atoms with E-state index in [-0.39, 0.29) is 11.5 Å². The fourth-order valence-corrected chi connectivity index (χ4v) is 3.16. The molecule has 0 radical (unpaired) electrons. The number of pyridine rings is 1. The van der Waals surface area contributed by atoms with Gasteiger partial charge in [-0.25, -0.2) is 4.79 Å². The molecule has 25 heavy (non-hydrogen) atoms. The molecule has 0 aliphatic carbocycles. The first-order valence-corrected chi connectivity index (χ1v) is 7.86. The third-order valence-corrected chi connectivity index (χ3v) is 4.33. The van der Waals surface area contributed by atoms with Crippen LogP contribution in [0.3, 0.4) is 0 Å². The maximum Gasteiger partial charge on any atom is 0.335 e. The van der Waals surface area contributed by atoms with Crippen molar-refractivity contribution in [3.05, 3.63) is 77.1 Å². The van der Waals surface area contributed by atoms with Crippen molar-refractivity contribution in [1.82, 2.24) is 9.55 Å². The van der Waals surface area contributed by atoms with Crippen LogP contribution in [-0.4, -0.2) is 26.5 Å². The molecule has 2 heterocycles. The van der Waals surface area contributed by atoms with Gasteiger partial charge in [0.05, 0.1) is 22.8 Å². The van der Waals surface area contributed by atoms with Crippen molar-refractivity contribution in [2.75, 3.05) is 0 Å². The number of hydrogen-bond donors (Lipinski definition) is 1. The summed E-state index contributed by atoms with van der Waals surface area (Å²) in [4.78, 5) is 28.5. The van der Waals surface area contributed by atoms with E-state index in [9.17, 15) is 14.7 Å². The van der Waals surface area contributed by atoms with Crippen molar-refractivity contribution in [3.8, 4) is 0 Å². The number of hydrogen-bond acceptors (Lipinski definition) is 3. The van der Waals surface area contributed by atoms with Crippen LogP contribution in [0, 0.1) is 0 Å². The molecule has 0 aliphatic heterocycles. The highest BCUT2D eigenvalue weighted by atomic mass is 35.5. The van der Waals surface area contributed by atoms with E-state index in [2.05, 4.69) is 4.98 Å². The average molecular weight is 351 g/mol. The molecule has 6 heteroatoms. The SMILES string of the molecule is O=C(O)c1ccc2c(c1)c1ccncc1n2C(=O)c1cccc(Cl)c1. The van der Waals surface area contributed by atoms with Crippen LogP contribution in [0.4, 0.5) is 0 Å². The number of aromatic nitrogens is 2. The van der Waals surface area contributed by atoms with E-state index in [1.54, 1.807) is 54.9 Å². The minimum Gasteiger partial charge on any atom is -0.478 e. The molecule has 0 amide bonds. The Labute approximate surface area is 147 Å². The number of rotatable bonds is 2. The molecule has 4 rings (SSSR count). The van der Waals surface area contributed by atoms with Crippen LogP contribution in [0.2, 0.25) is 5.02 Å². The van der Waals surface area contributed by atoms with E-state index in [4.69, 9.17) is 11.6 Å². The number of halogens is 1. The number of nitrogens with zero attached hydrogens (tertiary/aromatic N) is 2. The molecule has 2 aromatic carbocycles. The normalized spacial score (nSPS) is 11.1. The molecule has 0 saturated carbocycles. The number of carbonyl (C=O) groups is 2. The first kappa shape index (κ1) is 15.4. The van der Waals surface area contributed by atoms with Crippen molar-refractivity contribution in [2.24, 2.45) is 0 Å². The second-order valence-corrected chi connectivity index (χ2v) is 6.02. The largest absolute Gasteiger partial charge is 0.478 e. The molecule has 0 spiro atoms. The predicted molar refractivity (Wildman–Crippen MR) is 95.4 cm³/mol. The van der Waals surface area contributed by atoms with Crippen LogP contribution in [0.15, 0.2) is 60.9 Å². The van der Waals surface area contributed by atoms with E-state index in [0.29, 0.717) is 27.0 Å². The van der Waals surface area contributed by atoms with Gasteiger partial charge in [0.25, 0.3) is 5.91 Å². The lowest BCUT2D eigenvalue weighted by atomic mass is 10.1. The third kappa shape index (κ3) is 2.45. The standard InChI is InChI=1S/C19H11ClN2O3/c20-13-3-1-2-11(8-13)18(23)22-16-5-4-12(19(24)25)9-15(16)14-6-7-21-10-17(14)22/h1-10H,(H,24,25). The van der Waals surface area contributed by atoms with Crippen LogP contribution in [0.25, 0.3) is 21.8 Å². The number of benzene rings is 2. The van der Waals surface area contributed by atoms with Gasteiger partial charge in [0.1, 0.15) is 0 Å². The first-order chi connectivity index (χ1) is 12.1. The number of carboxylic acids is 1. The molecule has 0 bridgehead atoms. The Bertz CT molecular complexity index is 1160. The van der Waals surface area contributed by atoms with Crippen molar-refractivity contribution in [3.63, 3.8) is 0 Å². The highest BCUT2D eigenvalue weighted by Crippen LogP contribution is 2.30. The van der Waals surface area contributed by atoms with E-state index >= 15 is 0 Å². The first-order valence-electron chi connectivity index (χ1n) is 7.48. The summed E-state index contributed by atoms with van der Waals surface area (Å²) in [5.41, 5.74) is 1.85. The Kier molecular flexibility index (Phi) is 3.51. The lowest BCUT2D eigenvalue weighted by Gasteiger charge is -2.06. The Hall–Kier alpha value is -3.18. The minimum absolute atomic E-state index is 0.165. The van der Waals surface area contributed by atoms with Crippen LogP contribution in [0.1, 0.15) is 20.7 Å². The quantitative estimate of drug-likeness (QED) is 0.587. The monoisotopic (exact) mass is 350 g/mol. The Morgan fingerprint density at radius 2 is 1.80 bits per heavy atom. The van der Waals surface area contributed by atoms with E-state index < -0.39 is 5.97 Å². The van der Waals surface area contributed by atoms with Crippen molar-refractivity contribution < 1.29 is 14.7 Å². The van der Waals surface area contributed by atoms with Crippen LogP contribution in [0.5, 0.6) is 0 Å². The molecular formula is C19H11ClN2O3. The molecule has 0 atom stereocenters. The molecular weight excluding hydrogens is 340 g/mol. The van der Waals surface area contributed by atoms with Gasteiger partial charge in [0, 0.05) is 27.6 Å². The van der Waals surface area contributed by atoms with E-state index in [0.717, 1.165) is 5.39 Å². The smallest absolute Gasteiger partial charge is 0.335 e. The molecule has 4 aromatic rings. The average Bonchev–Trinajstić information content (AvgIpc) is 2.95. The number of aromatic carboxylic acids is 1. The van der Waals surface area contributed by atoms with Gasteiger partial charge in [0.2, 0.25) is 0 Å². The summed E-state index contributed by atoms with van der Waals surface area (Å²) in [6.45, 7) is 0. The molecule has 0 fully saturated rings. The molecule has 1 N–H and O–H groups in total. The highest BCUT2D eigenvalue weighted by Gasteiger charge is 2.19. The number of carboxylic acid groups (broad SMARTS) is 1. The third-order valence-electron chi connectivity index (χ3n) is 4.09. The Morgan fingerprint density at radius 3 is 2.56 bits per heavy atom. The summed E-state index contributed by atoms with van der Waals surface area (Å²) in [5.74, 6) is -1.27. The lowest BCUT2D eigenvalue weighted by molar-refractivity contribution is 0.0697. The van der Waals surface area contributed by atoms with Gasteiger partial charge < -0.3 is 5.11 Å². The summed E-state index contributed by atoms with van der Waals surface area (Å²) >= 11 is 6.00. The van der Waals surface area contributed by atoms with Crippen LogP contribution < -0.4 is 0 Å². The molecule has 0 aliphatic rings. The van der Waals surface area contributed by atoms with E-state index in [1.807, 2.05) is 0 Å². The van der Waals surface area contributed by atoms with Crippen molar-refractivity contribution in [2.45, 2.75) is 0 Å². The number of fused-ring (bicyclic) bond motifs is 3. The zero-order valence-corrected chi connectivity index (χ0v) is 13.6. The van der Waals surface area contributed by atoms with Gasteiger partial charge in [0.15, 0.2) is 0 Å². The Morgan fingerprint density at radius 1 is 0.960 bits per heavy atom. The molecule has 0 unspecified atom stereocenters. The van der Waals surface area contributed by atoms with Gasteiger partial charge in [-0.15, -0.1) is 0 Å². The number of carbonyl (C=O) groups excluding carboxylic acids is 1. The summed E-state index contributed by atoms with van der Waals surface area (Å²) in [6.07, 6.45) is 3.21. The zero-order valence-electron chi connectivity index (χ0n) is 12.8. The second kappa shape index (κ2) is 5.72. The topological polar surface area (TPSA) is 72.2 Å². The van der Waals surface area contributed by atoms with E-state index in [1.165, 1.54) is 10.6 Å². The zero-order chi connectivity index (χ0) is 17.6. The van der Waals surface area contributed by atoms with Crippen molar-refractivity contribution >= 4 is 45.3 Å². The minimum atomic E-state index is -1.02. The maximum atomic E-state index is 13.1. The van der Waals surface area contributed by atoms with Gasteiger partial charge in [-0.2, -0.15) is 0 Å². The molecule has 5 nitrogen and oxygen atoms in total. The summed E-state index contributed by atoms with van der Waals surface area (Å²) < 4.78 is 1.54.